The molecule has 0 saturated carbocycles. The Hall–Kier alpha value is -4.19. The summed E-state index contributed by atoms with van der Waals surface area (Å²) in [6.45, 7) is 2.20. The molecule has 5 rings (SSSR count). The van der Waals surface area contributed by atoms with Gasteiger partial charge in [0, 0.05) is 35.8 Å². The van der Waals surface area contributed by atoms with Gasteiger partial charge in [0.05, 0.1) is 17.6 Å². The molecule has 4 N–H and O–H groups in total. The van der Waals surface area contributed by atoms with Crippen molar-refractivity contribution in [1.29, 1.82) is 0 Å². The third-order valence-electron chi connectivity index (χ3n) is 6.61. The van der Waals surface area contributed by atoms with Crippen LogP contribution in [0.2, 0.25) is 0 Å². The highest BCUT2D eigenvalue weighted by atomic mass is 32.2. The van der Waals surface area contributed by atoms with Crippen molar-refractivity contribution >= 4 is 43.9 Å². The number of carbonyl (C=O) groups excluding carboxylic acids is 2. The minimum absolute atomic E-state index is 0.0553. The summed E-state index contributed by atoms with van der Waals surface area (Å²) in [6, 6.07) is 22.3. The molecular formula is C29H28N4O5S2. The fraction of sp³-hybridized carbons (Fsp3) is 0.172. The van der Waals surface area contributed by atoms with Gasteiger partial charge in [0.1, 0.15) is 10.8 Å². The Morgan fingerprint density at radius 2 is 1.77 bits per heavy atom. The lowest BCUT2D eigenvalue weighted by atomic mass is 10.0. The van der Waals surface area contributed by atoms with Crippen molar-refractivity contribution in [3.05, 3.63) is 106 Å². The molecule has 4 aromatic rings. The minimum Gasteiger partial charge on any atom is -0.497 e. The number of rotatable bonds is 9. The average Bonchev–Trinajstić information content (AvgIpc) is 3.30. The Morgan fingerprint density at radius 3 is 2.48 bits per heavy atom. The lowest BCUT2D eigenvalue weighted by Crippen LogP contribution is -2.30. The summed E-state index contributed by atoms with van der Waals surface area (Å²) >= 11 is 1.35. The predicted octanol–water partition coefficient (Wildman–Crippen LogP) is 4.47. The van der Waals surface area contributed by atoms with Gasteiger partial charge in [0.25, 0.3) is 21.8 Å². The fourth-order valence-corrected chi connectivity index (χ4v) is 6.99. The van der Waals surface area contributed by atoms with E-state index in [-0.39, 0.29) is 16.1 Å². The van der Waals surface area contributed by atoms with Crippen molar-refractivity contribution < 1.29 is 22.7 Å². The van der Waals surface area contributed by atoms with Gasteiger partial charge in [-0.25, -0.2) is 8.42 Å². The number of fused-ring (bicyclic) bond motifs is 1. The Labute approximate surface area is 236 Å². The standard InChI is InChI=1S/C29H28N4O5S2/c1-38-22-10-12-23(13-11-22)40(36,37)32-21-9-5-8-20(16-21)28(35)31-29-26(27(30)34)24-14-15-33(18-25(24)39-29)17-19-6-3-2-4-7-19/h2-13,16,32H,14-15,17-18H2,1H3,(H2,30,34)(H,31,35). The van der Waals surface area contributed by atoms with E-state index in [2.05, 4.69) is 27.1 Å². The zero-order chi connectivity index (χ0) is 28.3. The van der Waals surface area contributed by atoms with Crippen molar-refractivity contribution in [2.75, 3.05) is 23.7 Å². The molecule has 1 aromatic heterocycles. The van der Waals surface area contributed by atoms with Crippen LogP contribution in [0.4, 0.5) is 10.7 Å². The molecule has 9 nitrogen and oxygen atoms in total. The van der Waals surface area contributed by atoms with Gasteiger partial charge in [-0.2, -0.15) is 0 Å². The van der Waals surface area contributed by atoms with Crippen LogP contribution in [0, 0.1) is 0 Å². The van der Waals surface area contributed by atoms with Crippen LogP contribution in [-0.2, 0) is 29.5 Å². The first-order valence-corrected chi connectivity index (χ1v) is 14.8. The number of primary amides is 1. The van der Waals surface area contributed by atoms with Crippen molar-refractivity contribution in [3.63, 3.8) is 0 Å². The van der Waals surface area contributed by atoms with E-state index in [1.54, 1.807) is 30.3 Å². The van der Waals surface area contributed by atoms with Crippen molar-refractivity contribution in [2.24, 2.45) is 5.73 Å². The second-order valence-electron chi connectivity index (χ2n) is 9.33. The van der Waals surface area contributed by atoms with Gasteiger partial charge in [0.2, 0.25) is 0 Å². The Bertz CT molecular complexity index is 1650. The number of nitrogens with one attached hydrogen (secondary N) is 2. The topological polar surface area (TPSA) is 131 Å². The summed E-state index contributed by atoms with van der Waals surface area (Å²) in [5.74, 6) is -0.537. The molecule has 0 unspecified atom stereocenters. The number of methoxy groups -OCH3 is 1. The van der Waals surface area contributed by atoms with Crippen molar-refractivity contribution in [1.82, 2.24) is 4.90 Å². The number of carbonyl (C=O) groups is 2. The van der Waals surface area contributed by atoms with E-state index < -0.39 is 21.8 Å². The van der Waals surface area contributed by atoms with E-state index in [0.717, 1.165) is 23.5 Å². The number of sulfonamides is 1. The van der Waals surface area contributed by atoms with Crippen LogP contribution >= 0.6 is 11.3 Å². The molecule has 0 aliphatic carbocycles. The van der Waals surface area contributed by atoms with Crippen LogP contribution in [0.3, 0.4) is 0 Å². The number of nitrogens with zero attached hydrogens (tertiary/aromatic N) is 1. The molecule has 2 amide bonds. The van der Waals surface area contributed by atoms with Gasteiger partial charge in [-0.15, -0.1) is 11.3 Å². The molecule has 3 aromatic carbocycles. The van der Waals surface area contributed by atoms with Gasteiger partial charge in [-0.1, -0.05) is 36.4 Å². The van der Waals surface area contributed by atoms with Crippen LogP contribution in [0.15, 0.2) is 83.8 Å². The Kier molecular flexibility index (Phi) is 7.88. The van der Waals surface area contributed by atoms with E-state index in [1.807, 2.05) is 18.2 Å². The molecule has 0 radical (unpaired) electrons. The SMILES string of the molecule is COc1ccc(S(=O)(=O)Nc2cccc(C(=O)Nc3sc4c(c3C(N)=O)CCN(Cc3ccccc3)C4)c2)cc1. The Morgan fingerprint density at radius 1 is 1.02 bits per heavy atom. The molecule has 0 bridgehead atoms. The number of thiophene rings is 1. The zero-order valence-corrected chi connectivity index (χ0v) is 23.3. The summed E-state index contributed by atoms with van der Waals surface area (Å²) in [4.78, 5) is 29.0. The van der Waals surface area contributed by atoms with Crippen molar-refractivity contribution in [2.45, 2.75) is 24.4 Å². The maximum absolute atomic E-state index is 13.2. The molecule has 0 saturated heterocycles. The normalized spacial score (nSPS) is 13.3. The third kappa shape index (κ3) is 6.01. The number of anilines is 2. The first kappa shape index (κ1) is 27.4. The zero-order valence-electron chi connectivity index (χ0n) is 21.7. The quantitative estimate of drug-likeness (QED) is 0.270. The van der Waals surface area contributed by atoms with Crippen LogP contribution in [-0.4, -0.2) is 38.8 Å². The second-order valence-corrected chi connectivity index (χ2v) is 12.1. The maximum atomic E-state index is 13.2. The molecule has 40 heavy (non-hydrogen) atoms. The summed E-state index contributed by atoms with van der Waals surface area (Å²) < 4.78 is 33.3. The van der Waals surface area contributed by atoms with E-state index in [0.29, 0.717) is 29.3 Å². The van der Waals surface area contributed by atoms with Gasteiger partial charge in [-0.05, 0) is 60.0 Å². The van der Waals surface area contributed by atoms with E-state index in [1.165, 1.54) is 42.2 Å². The molecule has 0 spiro atoms. The highest BCUT2D eigenvalue weighted by Gasteiger charge is 2.28. The monoisotopic (exact) mass is 576 g/mol. The summed E-state index contributed by atoms with van der Waals surface area (Å²) in [5.41, 5.74) is 8.60. The number of benzene rings is 3. The summed E-state index contributed by atoms with van der Waals surface area (Å²) in [7, 11) is -2.39. The highest BCUT2D eigenvalue weighted by Crippen LogP contribution is 2.37. The Balaban J connectivity index is 1.32. The first-order valence-electron chi connectivity index (χ1n) is 12.5. The molecule has 0 atom stereocenters. The molecule has 1 aliphatic rings. The van der Waals surface area contributed by atoms with Gasteiger partial charge in [-0.3, -0.25) is 19.2 Å². The van der Waals surface area contributed by atoms with E-state index in [9.17, 15) is 18.0 Å². The minimum atomic E-state index is -3.89. The number of ether oxygens (including phenoxy) is 1. The number of hydrogen-bond acceptors (Lipinski definition) is 7. The molecule has 11 heteroatoms. The first-order chi connectivity index (χ1) is 19.2. The van der Waals surface area contributed by atoms with Crippen LogP contribution in [0.1, 0.15) is 36.7 Å². The van der Waals surface area contributed by atoms with Crippen LogP contribution in [0.5, 0.6) is 5.75 Å². The number of nitrogens with two attached hydrogens (primary N) is 1. The highest BCUT2D eigenvalue weighted by molar-refractivity contribution is 7.92. The molecule has 1 aliphatic heterocycles. The molecule has 2 heterocycles. The lowest BCUT2D eigenvalue weighted by molar-refractivity contribution is 0.0999. The third-order valence-corrected chi connectivity index (χ3v) is 9.13. The fourth-order valence-electron chi connectivity index (χ4n) is 4.65. The molecule has 0 fully saturated rings. The van der Waals surface area contributed by atoms with E-state index in [4.69, 9.17) is 10.5 Å². The molecule has 206 valence electrons. The smallest absolute Gasteiger partial charge is 0.261 e. The predicted molar refractivity (Wildman–Crippen MR) is 155 cm³/mol. The van der Waals surface area contributed by atoms with Crippen LogP contribution < -0.4 is 20.5 Å². The van der Waals surface area contributed by atoms with Crippen molar-refractivity contribution in [3.8, 4) is 5.75 Å². The van der Waals surface area contributed by atoms with Gasteiger partial charge < -0.3 is 15.8 Å². The summed E-state index contributed by atoms with van der Waals surface area (Å²) in [5, 5.41) is 3.23. The van der Waals surface area contributed by atoms with Gasteiger partial charge in [0.15, 0.2) is 0 Å². The largest absolute Gasteiger partial charge is 0.497 e. The van der Waals surface area contributed by atoms with E-state index >= 15 is 0 Å². The second kappa shape index (κ2) is 11.5. The van der Waals surface area contributed by atoms with Crippen LogP contribution in [0.25, 0.3) is 0 Å². The number of amides is 2. The maximum Gasteiger partial charge on any atom is 0.261 e. The summed E-state index contributed by atoms with van der Waals surface area (Å²) in [6.07, 6.45) is 0.648. The average molecular weight is 577 g/mol. The lowest BCUT2D eigenvalue weighted by Gasteiger charge is -2.27. The van der Waals surface area contributed by atoms with Gasteiger partial charge >= 0.3 is 0 Å². The molecular weight excluding hydrogens is 548 g/mol. The number of hydrogen-bond donors (Lipinski definition) is 3.